The molecule has 2 amide bonds. The Morgan fingerprint density at radius 3 is 2.38 bits per heavy atom. The molecule has 0 radical (unpaired) electrons. The predicted octanol–water partition coefficient (Wildman–Crippen LogP) is 1.97. The summed E-state index contributed by atoms with van der Waals surface area (Å²) in [5.41, 5.74) is -0.481. The fraction of sp³-hybridized carbons (Fsp3) is 0.400. The Hall–Kier alpha value is -2.37. The lowest BCUT2D eigenvalue weighted by Crippen LogP contribution is -2.52. The van der Waals surface area contributed by atoms with Crippen molar-refractivity contribution in [3.8, 4) is 0 Å². The maximum absolute atomic E-state index is 12.5. The van der Waals surface area contributed by atoms with Crippen molar-refractivity contribution in [3.63, 3.8) is 0 Å². The molecule has 0 aromatic heterocycles. The van der Waals surface area contributed by atoms with Gasteiger partial charge in [-0.25, -0.2) is 4.79 Å². The molecule has 0 fully saturated rings. The van der Waals surface area contributed by atoms with Crippen molar-refractivity contribution < 1.29 is 19.5 Å². The maximum Gasteiger partial charge on any atom is 0.329 e. The first kappa shape index (κ1) is 16.7. The summed E-state index contributed by atoms with van der Waals surface area (Å²) in [6.07, 6.45) is 0. The minimum Gasteiger partial charge on any atom is -0.480 e. The van der Waals surface area contributed by atoms with Gasteiger partial charge in [0.2, 0.25) is 5.91 Å². The fourth-order valence-electron chi connectivity index (χ4n) is 2.00. The normalized spacial score (nSPS) is 10.9. The van der Waals surface area contributed by atoms with E-state index in [-0.39, 0.29) is 12.5 Å². The van der Waals surface area contributed by atoms with Gasteiger partial charge < -0.3 is 15.3 Å². The van der Waals surface area contributed by atoms with Crippen molar-refractivity contribution in [3.05, 3.63) is 29.8 Å². The number of nitrogens with one attached hydrogen (secondary N) is 1. The van der Waals surface area contributed by atoms with Crippen LogP contribution in [0.2, 0.25) is 0 Å². The van der Waals surface area contributed by atoms with Gasteiger partial charge in [0, 0.05) is 24.7 Å². The van der Waals surface area contributed by atoms with Gasteiger partial charge in [0.15, 0.2) is 0 Å². The number of aliphatic carboxylic acids is 1. The standard InChI is InChI=1S/C15H20N2O4/c1-5-17(15(3,4)14(20)21)13(19)11-7-6-8-12(9-11)16-10(2)18/h6-9H,5H2,1-4H3,(H,16,18)(H,20,21). The van der Waals surface area contributed by atoms with Gasteiger partial charge in [0.25, 0.3) is 5.91 Å². The van der Waals surface area contributed by atoms with Crippen LogP contribution in [0.3, 0.4) is 0 Å². The minimum atomic E-state index is -1.31. The Balaban J connectivity index is 3.11. The van der Waals surface area contributed by atoms with E-state index >= 15 is 0 Å². The predicted molar refractivity (Wildman–Crippen MR) is 79.2 cm³/mol. The lowest BCUT2D eigenvalue weighted by Gasteiger charge is -2.34. The number of amides is 2. The van der Waals surface area contributed by atoms with Crippen LogP contribution in [0.5, 0.6) is 0 Å². The summed E-state index contributed by atoms with van der Waals surface area (Å²) >= 11 is 0. The quantitative estimate of drug-likeness (QED) is 0.868. The Kier molecular flexibility index (Phi) is 5.07. The molecule has 0 saturated heterocycles. The molecule has 6 nitrogen and oxygen atoms in total. The SMILES string of the molecule is CCN(C(=O)c1cccc(NC(C)=O)c1)C(C)(C)C(=O)O. The van der Waals surface area contributed by atoms with Crippen LogP contribution in [0, 0.1) is 0 Å². The van der Waals surface area contributed by atoms with Crippen molar-refractivity contribution in [2.75, 3.05) is 11.9 Å². The molecule has 1 aromatic rings. The molecule has 2 N–H and O–H groups in total. The second-order valence-corrected chi connectivity index (χ2v) is 5.18. The van der Waals surface area contributed by atoms with E-state index in [2.05, 4.69) is 5.32 Å². The van der Waals surface area contributed by atoms with Crippen LogP contribution in [0.25, 0.3) is 0 Å². The number of hydrogen-bond donors (Lipinski definition) is 2. The highest BCUT2D eigenvalue weighted by Gasteiger charge is 2.37. The van der Waals surface area contributed by atoms with Gasteiger partial charge >= 0.3 is 5.97 Å². The number of carboxylic acid groups (broad SMARTS) is 1. The summed E-state index contributed by atoms with van der Waals surface area (Å²) in [7, 11) is 0. The van der Waals surface area contributed by atoms with Crippen LogP contribution >= 0.6 is 0 Å². The van der Waals surface area contributed by atoms with E-state index in [0.29, 0.717) is 11.3 Å². The van der Waals surface area contributed by atoms with Crippen molar-refractivity contribution in [1.29, 1.82) is 0 Å². The van der Waals surface area contributed by atoms with Crippen molar-refractivity contribution in [2.24, 2.45) is 0 Å². The maximum atomic E-state index is 12.5. The number of carboxylic acids is 1. The molecule has 0 heterocycles. The number of anilines is 1. The van der Waals surface area contributed by atoms with E-state index in [9.17, 15) is 19.5 Å². The molecule has 114 valence electrons. The fourth-order valence-corrected chi connectivity index (χ4v) is 2.00. The minimum absolute atomic E-state index is 0.238. The monoisotopic (exact) mass is 292 g/mol. The Morgan fingerprint density at radius 2 is 1.90 bits per heavy atom. The molecule has 0 saturated carbocycles. The van der Waals surface area contributed by atoms with Crippen LogP contribution in [0.4, 0.5) is 5.69 Å². The number of carbonyl (C=O) groups is 3. The molecular weight excluding hydrogens is 272 g/mol. The number of rotatable bonds is 5. The highest BCUT2D eigenvalue weighted by Crippen LogP contribution is 2.20. The zero-order chi connectivity index (χ0) is 16.2. The molecular formula is C15H20N2O4. The summed E-state index contributed by atoms with van der Waals surface area (Å²) in [6.45, 7) is 6.33. The van der Waals surface area contributed by atoms with E-state index in [0.717, 1.165) is 0 Å². The average molecular weight is 292 g/mol. The molecule has 0 bridgehead atoms. The van der Waals surface area contributed by atoms with Gasteiger partial charge in [-0.05, 0) is 39.0 Å². The Labute approximate surface area is 123 Å². The molecule has 0 aliphatic heterocycles. The molecule has 6 heteroatoms. The molecule has 21 heavy (non-hydrogen) atoms. The number of nitrogens with zero attached hydrogens (tertiary/aromatic N) is 1. The molecule has 0 atom stereocenters. The highest BCUT2D eigenvalue weighted by atomic mass is 16.4. The zero-order valence-corrected chi connectivity index (χ0v) is 12.6. The van der Waals surface area contributed by atoms with Gasteiger partial charge in [-0.2, -0.15) is 0 Å². The summed E-state index contributed by atoms with van der Waals surface area (Å²) in [5.74, 6) is -1.70. The van der Waals surface area contributed by atoms with Gasteiger partial charge in [-0.15, -0.1) is 0 Å². The topological polar surface area (TPSA) is 86.7 Å². The Bertz CT molecular complexity index is 567. The average Bonchev–Trinajstić information content (AvgIpc) is 2.38. The van der Waals surface area contributed by atoms with E-state index in [1.54, 1.807) is 25.1 Å². The van der Waals surface area contributed by atoms with Crippen LogP contribution in [0.1, 0.15) is 38.1 Å². The molecule has 1 rings (SSSR count). The summed E-state index contributed by atoms with van der Waals surface area (Å²) in [5, 5.41) is 11.9. The van der Waals surface area contributed by atoms with E-state index in [1.165, 1.54) is 31.7 Å². The molecule has 0 aliphatic carbocycles. The molecule has 1 aromatic carbocycles. The summed E-state index contributed by atoms with van der Waals surface area (Å²) < 4.78 is 0. The molecule has 0 unspecified atom stereocenters. The van der Waals surface area contributed by atoms with Crippen molar-refractivity contribution in [1.82, 2.24) is 4.90 Å². The van der Waals surface area contributed by atoms with Crippen molar-refractivity contribution >= 4 is 23.5 Å². The van der Waals surface area contributed by atoms with E-state index in [1.807, 2.05) is 0 Å². The first-order valence-electron chi connectivity index (χ1n) is 6.63. The molecule has 0 aliphatic rings. The third-order valence-electron chi connectivity index (χ3n) is 3.19. The zero-order valence-electron chi connectivity index (χ0n) is 12.6. The number of benzene rings is 1. The van der Waals surface area contributed by atoms with Crippen LogP contribution < -0.4 is 5.32 Å². The van der Waals surface area contributed by atoms with E-state index in [4.69, 9.17) is 0 Å². The van der Waals surface area contributed by atoms with Gasteiger partial charge in [0.1, 0.15) is 5.54 Å². The third-order valence-corrected chi connectivity index (χ3v) is 3.19. The second-order valence-electron chi connectivity index (χ2n) is 5.18. The van der Waals surface area contributed by atoms with Crippen LogP contribution in [0.15, 0.2) is 24.3 Å². The molecule has 0 spiro atoms. The lowest BCUT2D eigenvalue weighted by molar-refractivity contribution is -0.147. The summed E-state index contributed by atoms with van der Waals surface area (Å²) in [6, 6.07) is 6.43. The number of likely N-dealkylation sites (N-methyl/N-ethyl adjacent to an activating group) is 1. The lowest BCUT2D eigenvalue weighted by atomic mass is 10.0. The number of carbonyl (C=O) groups excluding carboxylic acids is 2. The Morgan fingerprint density at radius 1 is 1.29 bits per heavy atom. The van der Waals surface area contributed by atoms with Gasteiger partial charge in [-0.3, -0.25) is 9.59 Å². The first-order chi connectivity index (χ1) is 9.70. The number of hydrogen-bond acceptors (Lipinski definition) is 3. The van der Waals surface area contributed by atoms with Gasteiger partial charge in [-0.1, -0.05) is 6.07 Å². The van der Waals surface area contributed by atoms with Crippen LogP contribution in [-0.2, 0) is 9.59 Å². The second kappa shape index (κ2) is 6.39. The summed E-state index contributed by atoms with van der Waals surface area (Å²) in [4.78, 5) is 36.2. The van der Waals surface area contributed by atoms with Crippen LogP contribution in [-0.4, -0.2) is 39.9 Å². The van der Waals surface area contributed by atoms with E-state index < -0.39 is 17.4 Å². The smallest absolute Gasteiger partial charge is 0.329 e. The largest absolute Gasteiger partial charge is 0.480 e. The first-order valence-corrected chi connectivity index (χ1v) is 6.63. The van der Waals surface area contributed by atoms with Gasteiger partial charge in [0.05, 0.1) is 0 Å². The van der Waals surface area contributed by atoms with Crippen molar-refractivity contribution in [2.45, 2.75) is 33.2 Å². The third kappa shape index (κ3) is 3.81. The highest BCUT2D eigenvalue weighted by molar-refractivity contribution is 5.99.